The number of ether oxygens (including phenoxy) is 1. The molecule has 2 fully saturated rings. The van der Waals surface area contributed by atoms with Crippen molar-refractivity contribution in [2.45, 2.75) is 45.3 Å². The minimum absolute atomic E-state index is 0.150. The highest BCUT2D eigenvalue weighted by Gasteiger charge is 2.49. The quantitative estimate of drug-likeness (QED) is 0.617. The zero-order valence-electron chi connectivity index (χ0n) is 19.9. The summed E-state index contributed by atoms with van der Waals surface area (Å²) >= 11 is 0. The lowest BCUT2D eigenvalue weighted by molar-refractivity contribution is -0.200. The lowest BCUT2D eigenvalue weighted by Crippen LogP contribution is -2.43. The van der Waals surface area contributed by atoms with E-state index in [2.05, 4.69) is 15.2 Å². The van der Waals surface area contributed by atoms with E-state index in [4.69, 9.17) is 4.74 Å². The highest BCUT2D eigenvalue weighted by Crippen LogP contribution is 2.46. The fourth-order valence-electron chi connectivity index (χ4n) is 5.69. The van der Waals surface area contributed by atoms with E-state index in [0.29, 0.717) is 44.0 Å². The van der Waals surface area contributed by atoms with Crippen molar-refractivity contribution in [3.05, 3.63) is 42.1 Å². The van der Waals surface area contributed by atoms with Crippen LogP contribution in [-0.4, -0.2) is 43.4 Å². The second-order valence-electron chi connectivity index (χ2n) is 9.69. The molecular weight excluding hydrogens is 457 g/mol. The summed E-state index contributed by atoms with van der Waals surface area (Å²) in [6.07, 6.45) is -1.39. The maximum Gasteiger partial charge on any atom is 0.392 e. The molecule has 35 heavy (non-hydrogen) atoms. The molecule has 0 spiro atoms. The van der Waals surface area contributed by atoms with Crippen molar-refractivity contribution >= 4 is 28.8 Å². The number of nitrogens with zero attached hydrogens (tertiary/aromatic N) is 3. The number of halogens is 3. The SMILES string of the molecule is CC[C@@H]1CC[C@H](C(=O)N2Cc3cccnc3Nc3ccc(N4CCOCC4)cc32)C[C@@H]1C(F)(F)F. The first-order valence-electron chi connectivity index (χ1n) is 12.4. The van der Waals surface area contributed by atoms with Crippen molar-refractivity contribution in [1.82, 2.24) is 4.98 Å². The van der Waals surface area contributed by atoms with Gasteiger partial charge in [-0.3, -0.25) is 4.79 Å². The van der Waals surface area contributed by atoms with E-state index >= 15 is 0 Å². The number of morpholine rings is 1. The van der Waals surface area contributed by atoms with Crippen LogP contribution in [0.25, 0.3) is 0 Å². The summed E-state index contributed by atoms with van der Waals surface area (Å²) in [5.74, 6) is -2.11. The number of carbonyl (C=O) groups excluding carboxylic acids is 1. The summed E-state index contributed by atoms with van der Waals surface area (Å²) < 4.78 is 47.0. The molecular formula is C26H31F3N4O2. The lowest BCUT2D eigenvalue weighted by atomic mass is 9.72. The maximum atomic E-state index is 13.9. The zero-order chi connectivity index (χ0) is 24.6. The van der Waals surface area contributed by atoms with Crippen molar-refractivity contribution in [2.24, 2.45) is 17.8 Å². The highest BCUT2D eigenvalue weighted by molar-refractivity contribution is 6.00. The Balaban J connectivity index is 1.50. The second kappa shape index (κ2) is 9.68. The number of benzene rings is 1. The van der Waals surface area contributed by atoms with Crippen LogP contribution in [0.15, 0.2) is 36.5 Å². The van der Waals surface area contributed by atoms with Gasteiger partial charge in [0.25, 0.3) is 0 Å². The molecule has 3 aliphatic rings. The Morgan fingerprint density at radius 2 is 2.00 bits per heavy atom. The highest BCUT2D eigenvalue weighted by atomic mass is 19.4. The first-order valence-corrected chi connectivity index (χ1v) is 12.4. The van der Waals surface area contributed by atoms with E-state index in [-0.39, 0.29) is 18.9 Å². The van der Waals surface area contributed by atoms with Crippen LogP contribution < -0.4 is 15.1 Å². The third kappa shape index (κ3) is 4.83. The number of carbonyl (C=O) groups is 1. The second-order valence-corrected chi connectivity index (χ2v) is 9.69. The average molecular weight is 489 g/mol. The predicted molar refractivity (Wildman–Crippen MR) is 129 cm³/mol. The van der Waals surface area contributed by atoms with Gasteiger partial charge < -0.3 is 19.9 Å². The number of hydrogen-bond acceptors (Lipinski definition) is 5. The van der Waals surface area contributed by atoms with Crippen molar-refractivity contribution in [3.63, 3.8) is 0 Å². The summed E-state index contributed by atoms with van der Waals surface area (Å²) in [7, 11) is 0. The van der Waals surface area contributed by atoms with Crippen molar-refractivity contribution in [2.75, 3.05) is 41.4 Å². The monoisotopic (exact) mass is 488 g/mol. The summed E-state index contributed by atoms with van der Waals surface area (Å²) in [4.78, 5) is 22.2. The normalized spacial score (nSPS) is 24.7. The van der Waals surface area contributed by atoms with Crippen LogP contribution in [-0.2, 0) is 16.1 Å². The number of amides is 1. The van der Waals surface area contributed by atoms with Gasteiger partial charge in [-0.25, -0.2) is 4.98 Å². The zero-order valence-corrected chi connectivity index (χ0v) is 19.9. The van der Waals surface area contributed by atoms with Crippen LogP contribution in [0.4, 0.5) is 36.1 Å². The largest absolute Gasteiger partial charge is 0.392 e. The Bertz CT molecular complexity index is 1070. The Labute approximate surface area is 203 Å². The molecule has 2 aliphatic heterocycles. The molecule has 2 aromatic rings. The van der Waals surface area contributed by atoms with E-state index in [1.165, 1.54) is 0 Å². The molecule has 188 valence electrons. The van der Waals surface area contributed by atoms with Gasteiger partial charge in [0.1, 0.15) is 5.82 Å². The summed E-state index contributed by atoms with van der Waals surface area (Å²) in [5.41, 5.74) is 3.20. The molecule has 3 atom stereocenters. The van der Waals surface area contributed by atoms with Gasteiger partial charge >= 0.3 is 6.18 Å². The number of aromatic nitrogens is 1. The standard InChI is InChI=1S/C26H31F3N4O2/c1-2-17-5-6-18(14-21(17)26(27,28)29)25(34)33-16-19-4-3-9-30-24(19)31-22-8-7-20(15-23(22)33)32-10-12-35-13-11-32/h3-4,7-9,15,17-18,21H,2,5-6,10-14,16H2,1H3,(H,30,31)/t17-,18+,21+/m1/s1. The number of alkyl halides is 3. The minimum Gasteiger partial charge on any atom is -0.378 e. The molecule has 0 bridgehead atoms. The molecule has 0 unspecified atom stereocenters. The number of fused-ring (bicyclic) bond motifs is 2. The Morgan fingerprint density at radius 1 is 1.20 bits per heavy atom. The smallest absolute Gasteiger partial charge is 0.378 e. The van der Waals surface area contributed by atoms with Gasteiger partial charge in [0.05, 0.1) is 37.1 Å². The van der Waals surface area contributed by atoms with Crippen LogP contribution >= 0.6 is 0 Å². The molecule has 0 radical (unpaired) electrons. The minimum atomic E-state index is -4.29. The molecule has 5 rings (SSSR count). The number of nitrogens with one attached hydrogen (secondary N) is 1. The molecule has 6 nitrogen and oxygen atoms in total. The van der Waals surface area contributed by atoms with Gasteiger partial charge in [0.15, 0.2) is 0 Å². The van der Waals surface area contributed by atoms with Gasteiger partial charge in [0.2, 0.25) is 5.91 Å². The van der Waals surface area contributed by atoms with E-state index in [0.717, 1.165) is 30.0 Å². The fraction of sp³-hybridized carbons (Fsp3) is 0.538. The van der Waals surface area contributed by atoms with Crippen molar-refractivity contribution in [3.8, 4) is 0 Å². The number of anilines is 4. The Kier molecular flexibility index (Phi) is 6.61. The van der Waals surface area contributed by atoms with Gasteiger partial charge in [-0.2, -0.15) is 13.2 Å². The molecule has 1 aliphatic carbocycles. The number of hydrogen-bond donors (Lipinski definition) is 1. The molecule has 1 aromatic carbocycles. The van der Waals surface area contributed by atoms with Crippen LogP contribution in [0.5, 0.6) is 0 Å². The molecule has 1 saturated carbocycles. The number of pyridine rings is 1. The Morgan fingerprint density at radius 3 is 2.74 bits per heavy atom. The summed E-state index contributed by atoms with van der Waals surface area (Å²) in [5, 5.41) is 3.34. The molecule has 3 heterocycles. The van der Waals surface area contributed by atoms with Gasteiger partial charge in [0, 0.05) is 36.5 Å². The third-order valence-electron chi connectivity index (χ3n) is 7.67. The van der Waals surface area contributed by atoms with E-state index < -0.39 is 23.9 Å². The molecule has 9 heteroatoms. The first-order chi connectivity index (χ1) is 16.8. The van der Waals surface area contributed by atoms with Gasteiger partial charge in [-0.1, -0.05) is 19.4 Å². The van der Waals surface area contributed by atoms with Gasteiger partial charge in [-0.15, -0.1) is 0 Å². The molecule has 1 amide bonds. The van der Waals surface area contributed by atoms with E-state index in [1.54, 1.807) is 18.0 Å². The van der Waals surface area contributed by atoms with Crippen molar-refractivity contribution < 1.29 is 22.7 Å². The van der Waals surface area contributed by atoms with Gasteiger partial charge in [-0.05, 0) is 49.4 Å². The number of rotatable bonds is 3. The predicted octanol–water partition coefficient (Wildman–Crippen LogP) is 5.51. The van der Waals surface area contributed by atoms with Crippen LogP contribution in [0.1, 0.15) is 38.2 Å². The topological polar surface area (TPSA) is 57.7 Å². The lowest BCUT2D eigenvalue weighted by Gasteiger charge is -2.38. The molecule has 1 aromatic heterocycles. The first kappa shape index (κ1) is 23.9. The van der Waals surface area contributed by atoms with Crippen LogP contribution in [0.3, 0.4) is 0 Å². The van der Waals surface area contributed by atoms with Crippen LogP contribution in [0, 0.1) is 17.8 Å². The third-order valence-corrected chi connectivity index (χ3v) is 7.67. The molecule has 1 N–H and O–H groups in total. The summed E-state index contributed by atoms with van der Waals surface area (Å²) in [6, 6.07) is 9.61. The molecule has 1 saturated heterocycles. The van der Waals surface area contributed by atoms with E-state index in [9.17, 15) is 18.0 Å². The van der Waals surface area contributed by atoms with E-state index in [1.807, 2.05) is 30.3 Å². The van der Waals surface area contributed by atoms with Crippen LogP contribution in [0.2, 0.25) is 0 Å². The summed E-state index contributed by atoms with van der Waals surface area (Å²) in [6.45, 7) is 4.82. The fourth-order valence-corrected chi connectivity index (χ4v) is 5.69. The Hall–Kier alpha value is -2.81. The maximum absolute atomic E-state index is 13.9. The average Bonchev–Trinajstić information content (AvgIpc) is 3.04. The van der Waals surface area contributed by atoms with Crippen molar-refractivity contribution in [1.29, 1.82) is 0 Å².